The van der Waals surface area contributed by atoms with Gasteiger partial charge in [0.1, 0.15) is 11.6 Å². The second-order valence-corrected chi connectivity index (χ2v) is 5.08. The molecule has 0 spiro atoms. The highest BCUT2D eigenvalue weighted by molar-refractivity contribution is 5.57. The topological polar surface area (TPSA) is 29.3 Å². The van der Waals surface area contributed by atoms with E-state index >= 15 is 0 Å². The van der Waals surface area contributed by atoms with Crippen LogP contribution in [-0.2, 0) is 6.54 Å². The quantitative estimate of drug-likeness (QED) is 0.909. The van der Waals surface area contributed by atoms with Gasteiger partial charge in [0, 0.05) is 30.4 Å². The average molecular weight is 274 g/mol. The number of fused-ring (bicyclic) bond motifs is 1. The van der Waals surface area contributed by atoms with E-state index in [1.165, 1.54) is 18.2 Å². The molecule has 0 saturated carbocycles. The molecule has 1 aliphatic heterocycles. The highest BCUT2D eigenvalue weighted by Gasteiger charge is 2.23. The van der Waals surface area contributed by atoms with Crippen LogP contribution in [0.2, 0.25) is 0 Å². The van der Waals surface area contributed by atoms with Crippen LogP contribution in [0.1, 0.15) is 23.6 Å². The summed E-state index contributed by atoms with van der Waals surface area (Å²) in [7, 11) is 0. The number of anilines is 1. The Labute approximate surface area is 116 Å². The normalized spacial score (nSPS) is 17.9. The third-order valence-corrected chi connectivity index (χ3v) is 3.80. The molecule has 1 aliphatic rings. The molecule has 2 nitrogen and oxygen atoms in total. The maximum absolute atomic E-state index is 13.8. The lowest BCUT2D eigenvalue weighted by Crippen LogP contribution is -2.33. The summed E-state index contributed by atoms with van der Waals surface area (Å²) in [5, 5.41) is 0. The number of para-hydroxylation sites is 1. The number of nitrogens with zero attached hydrogens (tertiary/aromatic N) is 1. The third-order valence-electron chi connectivity index (χ3n) is 3.80. The Morgan fingerprint density at radius 2 is 1.75 bits per heavy atom. The van der Waals surface area contributed by atoms with E-state index < -0.39 is 11.6 Å². The Hall–Kier alpha value is -1.94. The molecule has 2 N–H and O–H groups in total. The molecule has 0 aliphatic carbocycles. The fourth-order valence-electron chi connectivity index (χ4n) is 2.70. The van der Waals surface area contributed by atoms with Gasteiger partial charge in [-0.3, -0.25) is 0 Å². The van der Waals surface area contributed by atoms with Crippen molar-refractivity contribution < 1.29 is 8.78 Å². The fourth-order valence-corrected chi connectivity index (χ4v) is 2.70. The van der Waals surface area contributed by atoms with E-state index in [4.69, 9.17) is 5.73 Å². The molecular weight excluding hydrogens is 258 g/mol. The summed E-state index contributed by atoms with van der Waals surface area (Å²) >= 11 is 0. The van der Waals surface area contributed by atoms with E-state index in [1.807, 2.05) is 29.2 Å². The largest absolute Gasteiger partial charge is 0.367 e. The van der Waals surface area contributed by atoms with Gasteiger partial charge in [0.05, 0.1) is 0 Å². The van der Waals surface area contributed by atoms with Crippen LogP contribution >= 0.6 is 0 Å². The van der Waals surface area contributed by atoms with Crippen LogP contribution in [-0.4, -0.2) is 6.54 Å². The molecular formula is C16H16F2N2. The van der Waals surface area contributed by atoms with Crippen molar-refractivity contribution in [1.82, 2.24) is 0 Å². The molecule has 1 unspecified atom stereocenters. The zero-order valence-electron chi connectivity index (χ0n) is 11.0. The first kappa shape index (κ1) is 13.1. The zero-order valence-corrected chi connectivity index (χ0v) is 11.0. The minimum atomic E-state index is -0.502. The Bertz CT molecular complexity index is 607. The van der Waals surface area contributed by atoms with Crippen LogP contribution in [0.4, 0.5) is 14.5 Å². The molecule has 20 heavy (non-hydrogen) atoms. The SMILES string of the molecule is NC1CCN(Cc2c(F)cccc2F)c2ccccc21. The predicted octanol–water partition coefficient (Wildman–Crippen LogP) is 3.37. The molecule has 1 atom stereocenters. The average Bonchev–Trinajstić information content (AvgIpc) is 2.46. The Kier molecular flexibility index (Phi) is 3.40. The molecule has 0 amide bonds. The van der Waals surface area contributed by atoms with E-state index in [0.717, 1.165) is 17.7 Å². The molecule has 104 valence electrons. The van der Waals surface area contributed by atoms with Crippen LogP contribution in [0.3, 0.4) is 0 Å². The van der Waals surface area contributed by atoms with Crippen molar-refractivity contribution in [3.8, 4) is 0 Å². The number of hydrogen-bond acceptors (Lipinski definition) is 2. The van der Waals surface area contributed by atoms with Crippen LogP contribution in [0, 0.1) is 11.6 Å². The van der Waals surface area contributed by atoms with Crippen molar-refractivity contribution in [2.45, 2.75) is 19.0 Å². The van der Waals surface area contributed by atoms with E-state index in [1.54, 1.807) is 0 Å². The molecule has 0 radical (unpaired) electrons. The molecule has 3 rings (SSSR count). The maximum atomic E-state index is 13.8. The summed E-state index contributed by atoms with van der Waals surface area (Å²) in [5.74, 6) is -1.00. The standard InChI is InChI=1S/C16H16F2N2/c17-13-5-3-6-14(18)12(13)10-20-9-8-15(19)11-4-1-2-7-16(11)20/h1-7,15H,8-10,19H2. The molecule has 2 aromatic rings. The number of halogens is 2. The minimum absolute atomic E-state index is 0.00656. The lowest BCUT2D eigenvalue weighted by Gasteiger charge is -2.34. The van der Waals surface area contributed by atoms with Crippen molar-refractivity contribution in [3.05, 3.63) is 65.2 Å². The first-order valence-electron chi connectivity index (χ1n) is 6.69. The summed E-state index contributed by atoms with van der Waals surface area (Å²) in [4.78, 5) is 1.99. The van der Waals surface area contributed by atoms with Gasteiger partial charge < -0.3 is 10.6 Å². The second-order valence-electron chi connectivity index (χ2n) is 5.08. The molecule has 0 aromatic heterocycles. The maximum Gasteiger partial charge on any atom is 0.131 e. The fraction of sp³-hybridized carbons (Fsp3) is 0.250. The van der Waals surface area contributed by atoms with Crippen molar-refractivity contribution in [3.63, 3.8) is 0 Å². The predicted molar refractivity (Wildman–Crippen MR) is 75.4 cm³/mol. The second kappa shape index (κ2) is 5.21. The summed E-state index contributed by atoms with van der Waals surface area (Å²) < 4.78 is 27.5. The number of benzene rings is 2. The van der Waals surface area contributed by atoms with Gasteiger partial charge in [0.25, 0.3) is 0 Å². The Morgan fingerprint density at radius 3 is 2.50 bits per heavy atom. The lowest BCUT2D eigenvalue weighted by molar-refractivity contribution is 0.535. The summed E-state index contributed by atoms with van der Waals surface area (Å²) in [6.07, 6.45) is 0.785. The van der Waals surface area contributed by atoms with Crippen molar-refractivity contribution in [2.75, 3.05) is 11.4 Å². The molecule has 0 saturated heterocycles. The van der Waals surface area contributed by atoms with Crippen molar-refractivity contribution >= 4 is 5.69 Å². The first-order valence-corrected chi connectivity index (χ1v) is 6.69. The van der Waals surface area contributed by atoms with E-state index in [9.17, 15) is 8.78 Å². The van der Waals surface area contributed by atoms with E-state index in [0.29, 0.717) is 6.54 Å². The molecule has 0 fully saturated rings. The van der Waals surface area contributed by atoms with E-state index in [-0.39, 0.29) is 18.2 Å². The summed E-state index contributed by atoms with van der Waals surface area (Å²) in [5.41, 5.74) is 8.20. The van der Waals surface area contributed by atoms with E-state index in [2.05, 4.69) is 0 Å². The molecule has 1 heterocycles. The zero-order chi connectivity index (χ0) is 14.1. The monoisotopic (exact) mass is 274 g/mol. The van der Waals surface area contributed by atoms with Gasteiger partial charge in [-0.15, -0.1) is 0 Å². The van der Waals surface area contributed by atoms with Gasteiger partial charge in [-0.2, -0.15) is 0 Å². The Balaban J connectivity index is 1.95. The third kappa shape index (κ3) is 2.27. The summed E-state index contributed by atoms with van der Waals surface area (Å²) in [6, 6.07) is 11.7. The molecule has 2 aromatic carbocycles. The van der Waals surface area contributed by atoms with Crippen LogP contribution in [0.25, 0.3) is 0 Å². The van der Waals surface area contributed by atoms with Gasteiger partial charge in [-0.1, -0.05) is 24.3 Å². The molecule has 4 heteroatoms. The number of nitrogens with two attached hydrogens (primary N) is 1. The van der Waals surface area contributed by atoms with Gasteiger partial charge >= 0.3 is 0 Å². The molecule has 0 bridgehead atoms. The smallest absolute Gasteiger partial charge is 0.131 e. The minimum Gasteiger partial charge on any atom is -0.367 e. The summed E-state index contributed by atoms with van der Waals surface area (Å²) in [6.45, 7) is 0.925. The van der Waals surface area contributed by atoms with Crippen molar-refractivity contribution in [1.29, 1.82) is 0 Å². The number of rotatable bonds is 2. The first-order chi connectivity index (χ1) is 9.66. The van der Waals surface area contributed by atoms with Gasteiger partial charge in [0.15, 0.2) is 0 Å². The van der Waals surface area contributed by atoms with Gasteiger partial charge in [-0.25, -0.2) is 8.78 Å². The van der Waals surface area contributed by atoms with Crippen LogP contribution in [0.5, 0.6) is 0 Å². The van der Waals surface area contributed by atoms with Gasteiger partial charge in [-0.05, 0) is 30.2 Å². The Morgan fingerprint density at radius 1 is 1.05 bits per heavy atom. The van der Waals surface area contributed by atoms with Gasteiger partial charge in [0.2, 0.25) is 0 Å². The van der Waals surface area contributed by atoms with Crippen LogP contribution < -0.4 is 10.6 Å². The highest BCUT2D eigenvalue weighted by atomic mass is 19.1. The number of hydrogen-bond donors (Lipinski definition) is 1. The van der Waals surface area contributed by atoms with Crippen LogP contribution in [0.15, 0.2) is 42.5 Å². The lowest BCUT2D eigenvalue weighted by atomic mass is 9.96. The highest BCUT2D eigenvalue weighted by Crippen LogP contribution is 2.33. The van der Waals surface area contributed by atoms with Crippen molar-refractivity contribution in [2.24, 2.45) is 5.73 Å².